The highest BCUT2D eigenvalue weighted by atomic mass is 16.5. The largest absolute Gasteiger partial charge is 0.469 e. The zero-order chi connectivity index (χ0) is 11.3. The van der Waals surface area contributed by atoms with Crippen LogP contribution in [0, 0.1) is 6.92 Å². The fraction of sp³-hybridized carbons (Fsp3) is 0.455. The van der Waals surface area contributed by atoms with Gasteiger partial charge in [-0.2, -0.15) is 0 Å². The Labute approximate surface area is 89.5 Å². The van der Waals surface area contributed by atoms with Crippen molar-refractivity contribution < 1.29 is 9.53 Å². The number of pyridine rings is 1. The quantitative estimate of drug-likeness (QED) is 0.758. The molecule has 0 radical (unpaired) electrons. The maximum atomic E-state index is 10.9. The highest BCUT2D eigenvalue weighted by Gasteiger charge is 2.12. The van der Waals surface area contributed by atoms with Gasteiger partial charge in [0.2, 0.25) is 0 Å². The van der Waals surface area contributed by atoms with Crippen molar-refractivity contribution in [3.63, 3.8) is 0 Å². The number of esters is 1. The van der Waals surface area contributed by atoms with E-state index in [1.54, 1.807) is 6.20 Å². The topological polar surface area (TPSA) is 65.2 Å². The van der Waals surface area contributed by atoms with E-state index in [9.17, 15) is 4.79 Å². The highest BCUT2D eigenvalue weighted by Crippen LogP contribution is 2.16. The third-order valence-electron chi connectivity index (χ3n) is 2.29. The molecule has 0 bridgehead atoms. The molecule has 0 aromatic carbocycles. The molecule has 0 aliphatic rings. The average Bonchev–Trinajstić information content (AvgIpc) is 2.26. The summed E-state index contributed by atoms with van der Waals surface area (Å²) < 4.78 is 4.55. The maximum absolute atomic E-state index is 10.9. The second-order valence-corrected chi connectivity index (χ2v) is 3.43. The van der Waals surface area contributed by atoms with Gasteiger partial charge < -0.3 is 10.5 Å². The zero-order valence-corrected chi connectivity index (χ0v) is 9.06. The van der Waals surface area contributed by atoms with Gasteiger partial charge in [-0.15, -0.1) is 0 Å². The summed E-state index contributed by atoms with van der Waals surface area (Å²) in [4.78, 5) is 15.1. The summed E-state index contributed by atoms with van der Waals surface area (Å²) in [6.45, 7) is 1.96. The number of methoxy groups -OCH3 is 1. The number of ether oxygens (including phenoxy) is 1. The number of carbonyl (C=O) groups is 1. The molecule has 1 rings (SSSR count). The molecular formula is C11H16N2O2. The van der Waals surface area contributed by atoms with Crippen LogP contribution < -0.4 is 5.73 Å². The van der Waals surface area contributed by atoms with Gasteiger partial charge in [0.15, 0.2) is 0 Å². The molecule has 0 amide bonds. The number of aryl methyl sites for hydroxylation is 1. The summed E-state index contributed by atoms with van der Waals surface area (Å²) in [7, 11) is 1.37. The average molecular weight is 208 g/mol. The van der Waals surface area contributed by atoms with Gasteiger partial charge in [0.25, 0.3) is 0 Å². The lowest BCUT2D eigenvalue weighted by Gasteiger charge is -2.12. The molecule has 0 aliphatic carbocycles. The first-order chi connectivity index (χ1) is 7.15. The van der Waals surface area contributed by atoms with Crippen LogP contribution in [-0.4, -0.2) is 18.1 Å². The van der Waals surface area contributed by atoms with E-state index in [-0.39, 0.29) is 12.0 Å². The van der Waals surface area contributed by atoms with Gasteiger partial charge in [-0.05, 0) is 25.0 Å². The predicted octanol–water partition coefficient (Wildman–Crippen LogP) is 1.34. The third-order valence-corrected chi connectivity index (χ3v) is 2.29. The number of aromatic nitrogens is 1. The number of hydrogen-bond donors (Lipinski definition) is 1. The molecule has 1 aromatic rings. The van der Waals surface area contributed by atoms with E-state index < -0.39 is 0 Å². The van der Waals surface area contributed by atoms with Crippen molar-refractivity contribution in [2.45, 2.75) is 25.8 Å². The fourth-order valence-electron chi connectivity index (χ4n) is 1.40. The van der Waals surface area contributed by atoms with Crippen LogP contribution >= 0.6 is 0 Å². The van der Waals surface area contributed by atoms with Gasteiger partial charge in [-0.25, -0.2) is 0 Å². The van der Waals surface area contributed by atoms with Crippen LogP contribution in [0.2, 0.25) is 0 Å². The number of nitrogens with two attached hydrogens (primary N) is 1. The first-order valence-corrected chi connectivity index (χ1v) is 4.89. The SMILES string of the molecule is COC(=O)CCC(N)c1ncccc1C. The number of hydrogen-bond acceptors (Lipinski definition) is 4. The van der Waals surface area contributed by atoms with Crippen molar-refractivity contribution in [3.05, 3.63) is 29.6 Å². The van der Waals surface area contributed by atoms with Gasteiger partial charge in [0.1, 0.15) is 0 Å². The maximum Gasteiger partial charge on any atom is 0.305 e. The Kier molecular flexibility index (Phi) is 4.24. The van der Waals surface area contributed by atoms with Gasteiger partial charge >= 0.3 is 5.97 Å². The standard InChI is InChI=1S/C11H16N2O2/c1-8-4-3-7-13-11(8)9(12)5-6-10(14)15-2/h3-4,7,9H,5-6,12H2,1-2H3. The molecule has 2 N–H and O–H groups in total. The van der Waals surface area contributed by atoms with E-state index in [1.165, 1.54) is 7.11 Å². The Balaban J connectivity index is 2.57. The summed E-state index contributed by atoms with van der Waals surface area (Å²) in [5.74, 6) is -0.237. The van der Waals surface area contributed by atoms with E-state index in [1.807, 2.05) is 19.1 Å². The Bertz CT molecular complexity index is 339. The molecular weight excluding hydrogens is 192 g/mol. The molecule has 0 saturated heterocycles. The fourth-order valence-corrected chi connectivity index (χ4v) is 1.40. The minimum atomic E-state index is -0.237. The van der Waals surface area contributed by atoms with Crippen molar-refractivity contribution in [3.8, 4) is 0 Å². The Hall–Kier alpha value is -1.42. The monoisotopic (exact) mass is 208 g/mol. The molecule has 1 atom stereocenters. The van der Waals surface area contributed by atoms with Crippen LogP contribution in [0.1, 0.15) is 30.1 Å². The minimum absolute atomic E-state index is 0.203. The molecule has 0 spiro atoms. The lowest BCUT2D eigenvalue weighted by atomic mass is 10.0. The summed E-state index contributed by atoms with van der Waals surface area (Å²) in [6.07, 6.45) is 2.60. The Morgan fingerprint density at radius 3 is 3.00 bits per heavy atom. The van der Waals surface area contributed by atoms with Crippen LogP contribution in [0.5, 0.6) is 0 Å². The molecule has 0 saturated carbocycles. The minimum Gasteiger partial charge on any atom is -0.469 e. The van der Waals surface area contributed by atoms with E-state index in [0.717, 1.165) is 11.3 Å². The van der Waals surface area contributed by atoms with Crippen molar-refractivity contribution in [1.82, 2.24) is 4.98 Å². The number of carbonyl (C=O) groups excluding carboxylic acids is 1. The van der Waals surface area contributed by atoms with Crippen LogP contribution in [-0.2, 0) is 9.53 Å². The van der Waals surface area contributed by atoms with Crippen molar-refractivity contribution in [2.75, 3.05) is 7.11 Å². The van der Waals surface area contributed by atoms with E-state index in [0.29, 0.717) is 12.8 Å². The van der Waals surface area contributed by atoms with Crippen molar-refractivity contribution in [1.29, 1.82) is 0 Å². The number of nitrogens with zero attached hydrogens (tertiary/aromatic N) is 1. The molecule has 0 fully saturated rings. The Morgan fingerprint density at radius 2 is 2.40 bits per heavy atom. The molecule has 1 heterocycles. The molecule has 4 nitrogen and oxygen atoms in total. The highest BCUT2D eigenvalue weighted by molar-refractivity contribution is 5.69. The zero-order valence-electron chi connectivity index (χ0n) is 9.06. The normalized spacial score (nSPS) is 12.2. The van der Waals surface area contributed by atoms with Crippen molar-refractivity contribution in [2.24, 2.45) is 5.73 Å². The lowest BCUT2D eigenvalue weighted by molar-refractivity contribution is -0.140. The smallest absolute Gasteiger partial charge is 0.305 e. The first kappa shape index (κ1) is 11.7. The van der Waals surface area contributed by atoms with E-state index in [2.05, 4.69) is 9.72 Å². The number of rotatable bonds is 4. The second kappa shape index (κ2) is 5.46. The van der Waals surface area contributed by atoms with Crippen LogP contribution in [0.15, 0.2) is 18.3 Å². The predicted molar refractivity (Wildman–Crippen MR) is 57.2 cm³/mol. The molecule has 1 aromatic heterocycles. The molecule has 4 heteroatoms. The van der Waals surface area contributed by atoms with E-state index in [4.69, 9.17) is 5.73 Å². The van der Waals surface area contributed by atoms with Crippen molar-refractivity contribution >= 4 is 5.97 Å². The first-order valence-electron chi connectivity index (χ1n) is 4.89. The van der Waals surface area contributed by atoms with Crippen LogP contribution in [0.25, 0.3) is 0 Å². The second-order valence-electron chi connectivity index (χ2n) is 3.43. The summed E-state index contributed by atoms with van der Waals surface area (Å²) >= 11 is 0. The van der Waals surface area contributed by atoms with Crippen LogP contribution in [0.3, 0.4) is 0 Å². The summed E-state index contributed by atoms with van der Waals surface area (Å²) in [5, 5.41) is 0. The molecule has 15 heavy (non-hydrogen) atoms. The lowest BCUT2D eigenvalue weighted by Crippen LogP contribution is -2.15. The molecule has 82 valence electrons. The Morgan fingerprint density at radius 1 is 1.67 bits per heavy atom. The van der Waals surface area contributed by atoms with E-state index >= 15 is 0 Å². The molecule has 0 aliphatic heterocycles. The van der Waals surface area contributed by atoms with Gasteiger partial charge in [0.05, 0.1) is 12.8 Å². The van der Waals surface area contributed by atoms with Gasteiger partial charge in [-0.1, -0.05) is 6.07 Å². The van der Waals surface area contributed by atoms with Crippen LogP contribution in [0.4, 0.5) is 0 Å². The summed E-state index contributed by atoms with van der Waals surface area (Å²) in [6, 6.07) is 3.62. The summed E-state index contributed by atoms with van der Waals surface area (Å²) in [5.41, 5.74) is 7.83. The van der Waals surface area contributed by atoms with Gasteiger partial charge in [-0.3, -0.25) is 9.78 Å². The van der Waals surface area contributed by atoms with Gasteiger partial charge in [0, 0.05) is 18.7 Å². The molecule has 1 unspecified atom stereocenters. The third kappa shape index (κ3) is 3.32.